The summed E-state index contributed by atoms with van der Waals surface area (Å²) in [5.74, 6) is -0.265. The SMILES string of the molecule is CC(=O)N(CC(=O)NCc1ccccc1C)Cc1ccccc1. The number of nitrogens with zero attached hydrogens (tertiary/aromatic N) is 1. The summed E-state index contributed by atoms with van der Waals surface area (Å²) in [5, 5.41) is 2.88. The van der Waals surface area contributed by atoms with Gasteiger partial charge in [-0.3, -0.25) is 9.59 Å². The highest BCUT2D eigenvalue weighted by Crippen LogP contribution is 2.07. The molecule has 120 valence electrons. The van der Waals surface area contributed by atoms with Crippen molar-refractivity contribution >= 4 is 11.8 Å². The first-order valence-electron chi connectivity index (χ1n) is 7.67. The summed E-state index contributed by atoms with van der Waals surface area (Å²) < 4.78 is 0. The van der Waals surface area contributed by atoms with Gasteiger partial charge in [0.2, 0.25) is 11.8 Å². The minimum absolute atomic E-state index is 0.0656. The molecule has 2 aromatic rings. The highest BCUT2D eigenvalue weighted by molar-refractivity contribution is 5.83. The fourth-order valence-corrected chi connectivity index (χ4v) is 2.31. The molecule has 23 heavy (non-hydrogen) atoms. The van der Waals surface area contributed by atoms with Crippen molar-refractivity contribution in [3.8, 4) is 0 Å². The van der Waals surface area contributed by atoms with Gasteiger partial charge in [-0.2, -0.15) is 0 Å². The smallest absolute Gasteiger partial charge is 0.239 e. The third kappa shape index (κ3) is 5.25. The molecule has 0 saturated carbocycles. The molecule has 2 amide bonds. The summed E-state index contributed by atoms with van der Waals surface area (Å²) in [7, 11) is 0. The molecule has 0 aliphatic rings. The van der Waals surface area contributed by atoms with Crippen LogP contribution in [0.3, 0.4) is 0 Å². The standard InChI is InChI=1S/C19H22N2O2/c1-15-8-6-7-11-18(15)12-20-19(23)14-21(16(2)22)13-17-9-4-3-5-10-17/h3-11H,12-14H2,1-2H3,(H,20,23). The van der Waals surface area contributed by atoms with Crippen molar-refractivity contribution < 1.29 is 9.59 Å². The topological polar surface area (TPSA) is 49.4 Å². The van der Waals surface area contributed by atoms with Crippen molar-refractivity contribution in [3.63, 3.8) is 0 Å². The zero-order chi connectivity index (χ0) is 16.7. The predicted octanol–water partition coefficient (Wildman–Crippen LogP) is 2.66. The first kappa shape index (κ1) is 16.7. The van der Waals surface area contributed by atoms with Crippen LogP contribution in [0.4, 0.5) is 0 Å². The van der Waals surface area contributed by atoms with Crippen LogP contribution < -0.4 is 5.32 Å². The van der Waals surface area contributed by atoms with Gasteiger partial charge in [0.25, 0.3) is 0 Å². The normalized spacial score (nSPS) is 10.2. The van der Waals surface area contributed by atoms with E-state index in [9.17, 15) is 9.59 Å². The summed E-state index contributed by atoms with van der Waals surface area (Å²) in [6.45, 7) is 4.48. The lowest BCUT2D eigenvalue weighted by atomic mass is 10.1. The fraction of sp³-hybridized carbons (Fsp3) is 0.263. The van der Waals surface area contributed by atoms with Gasteiger partial charge in [-0.25, -0.2) is 0 Å². The molecule has 0 spiro atoms. The van der Waals surface area contributed by atoms with E-state index in [-0.39, 0.29) is 18.4 Å². The predicted molar refractivity (Wildman–Crippen MR) is 90.6 cm³/mol. The van der Waals surface area contributed by atoms with Gasteiger partial charge in [0.05, 0.1) is 6.54 Å². The van der Waals surface area contributed by atoms with E-state index in [0.717, 1.165) is 16.7 Å². The fourth-order valence-electron chi connectivity index (χ4n) is 2.31. The lowest BCUT2D eigenvalue weighted by molar-refractivity contribution is -0.135. The zero-order valence-corrected chi connectivity index (χ0v) is 13.6. The van der Waals surface area contributed by atoms with Gasteiger partial charge in [0.1, 0.15) is 0 Å². The van der Waals surface area contributed by atoms with Crippen molar-refractivity contribution in [3.05, 3.63) is 71.3 Å². The highest BCUT2D eigenvalue weighted by Gasteiger charge is 2.14. The molecular weight excluding hydrogens is 288 g/mol. The number of nitrogens with one attached hydrogen (secondary N) is 1. The minimum atomic E-state index is -0.153. The van der Waals surface area contributed by atoms with Crippen LogP contribution in [0.15, 0.2) is 54.6 Å². The van der Waals surface area contributed by atoms with Crippen LogP contribution in [0.2, 0.25) is 0 Å². The second-order valence-corrected chi connectivity index (χ2v) is 5.56. The maximum atomic E-state index is 12.1. The summed E-state index contributed by atoms with van der Waals surface area (Å²) in [4.78, 5) is 25.4. The first-order valence-corrected chi connectivity index (χ1v) is 7.67. The van der Waals surface area contributed by atoms with Crippen LogP contribution in [-0.2, 0) is 22.7 Å². The second kappa shape index (κ2) is 8.13. The average molecular weight is 310 g/mol. The van der Waals surface area contributed by atoms with E-state index >= 15 is 0 Å². The Morgan fingerprint density at radius 2 is 1.65 bits per heavy atom. The molecule has 0 bridgehead atoms. The molecular formula is C19H22N2O2. The molecule has 0 aromatic heterocycles. The number of amides is 2. The van der Waals surface area contributed by atoms with Gasteiger partial charge >= 0.3 is 0 Å². The van der Waals surface area contributed by atoms with Crippen molar-refractivity contribution in [2.24, 2.45) is 0 Å². The third-order valence-corrected chi connectivity index (χ3v) is 3.73. The lowest BCUT2D eigenvalue weighted by Gasteiger charge is -2.20. The summed E-state index contributed by atoms with van der Waals surface area (Å²) in [5.41, 5.74) is 3.23. The summed E-state index contributed by atoms with van der Waals surface area (Å²) >= 11 is 0. The van der Waals surface area contributed by atoms with Crippen molar-refractivity contribution in [2.45, 2.75) is 26.9 Å². The van der Waals surface area contributed by atoms with E-state index in [1.165, 1.54) is 6.92 Å². The number of carbonyl (C=O) groups is 2. The average Bonchev–Trinajstić information content (AvgIpc) is 2.54. The molecule has 0 fully saturated rings. The van der Waals surface area contributed by atoms with Crippen LogP contribution >= 0.6 is 0 Å². The second-order valence-electron chi connectivity index (χ2n) is 5.56. The molecule has 4 heteroatoms. The molecule has 2 rings (SSSR count). The third-order valence-electron chi connectivity index (χ3n) is 3.73. The van der Waals surface area contributed by atoms with Gasteiger partial charge in [0, 0.05) is 20.0 Å². The maximum absolute atomic E-state index is 12.1. The zero-order valence-electron chi connectivity index (χ0n) is 13.6. The number of hydrogen-bond acceptors (Lipinski definition) is 2. The monoisotopic (exact) mass is 310 g/mol. The van der Waals surface area contributed by atoms with Gasteiger partial charge in [-0.15, -0.1) is 0 Å². The van der Waals surface area contributed by atoms with Crippen molar-refractivity contribution in [1.82, 2.24) is 10.2 Å². The maximum Gasteiger partial charge on any atom is 0.239 e. The summed E-state index contributed by atoms with van der Waals surface area (Å²) in [6, 6.07) is 17.6. The Morgan fingerprint density at radius 1 is 1.00 bits per heavy atom. The minimum Gasteiger partial charge on any atom is -0.350 e. The van der Waals surface area contributed by atoms with Crippen LogP contribution in [0.1, 0.15) is 23.6 Å². The Bertz CT molecular complexity index is 668. The molecule has 4 nitrogen and oxygen atoms in total. The van der Waals surface area contributed by atoms with Crippen LogP contribution in [0.25, 0.3) is 0 Å². The van der Waals surface area contributed by atoms with E-state index in [1.807, 2.05) is 61.5 Å². The Morgan fingerprint density at radius 3 is 2.30 bits per heavy atom. The molecule has 2 aromatic carbocycles. The van der Waals surface area contributed by atoms with Gasteiger partial charge in [0.15, 0.2) is 0 Å². The Hall–Kier alpha value is -2.62. The van der Waals surface area contributed by atoms with E-state index < -0.39 is 0 Å². The highest BCUT2D eigenvalue weighted by atomic mass is 16.2. The van der Waals surface area contributed by atoms with Crippen LogP contribution in [0, 0.1) is 6.92 Å². The molecule has 0 aliphatic carbocycles. The quantitative estimate of drug-likeness (QED) is 0.892. The number of rotatable bonds is 6. The molecule has 0 unspecified atom stereocenters. The van der Waals surface area contributed by atoms with Crippen molar-refractivity contribution in [2.75, 3.05) is 6.54 Å². The van der Waals surface area contributed by atoms with E-state index in [2.05, 4.69) is 5.32 Å². The van der Waals surface area contributed by atoms with Gasteiger partial charge < -0.3 is 10.2 Å². The summed E-state index contributed by atoms with van der Waals surface area (Å²) in [6.07, 6.45) is 0. The van der Waals surface area contributed by atoms with E-state index in [4.69, 9.17) is 0 Å². The lowest BCUT2D eigenvalue weighted by Crippen LogP contribution is -2.39. The Kier molecular flexibility index (Phi) is 5.92. The first-order chi connectivity index (χ1) is 11.1. The Balaban J connectivity index is 1.91. The number of aryl methyl sites for hydroxylation is 1. The molecule has 0 aliphatic heterocycles. The molecule has 1 N–H and O–H groups in total. The molecule has 0 heterocycles. The molecule has 0 atom stereocenters. The van der Waals surface area contributed by atoms with Crippen molar-refractivity contribution in [1.29, 1.82) is 0 Å². The van der Waals surface area contributed by atoms with E-state index in [0.29, 0.717) is 13.1 Å². The van der Waals surface area contributed by atoms with Gasteiger partial charge in [-0.1, -0.05) is 54.6 Å². The Labute approximate surface area is 137 Å². The van der Waals surface area contributed by atoms with Crippen LogP contribution in [0.5, 0.6) is 0 Å². The molecule has 0 saturated heterocycles. The van der Waals surface area contributed by atoms with Gasteiger partial charge in [-0.05, 0) is 23.6 Å². The van der Waals surface area contributed by atoms with E-state index in [1.54, 1.807) is 4.90 Å². The molecule has 0 radical (unpaired) electrons. The largest absolute Gasteiger partial charge is 0.350 e. The van der Waals surface area contributed by atoms with Crippen LogP contribution in [-0.4, -0.2) is 23.3 Å². The number of hydrogen-bond donors (Lipinski definition) is 1. The number of benzene rings is 2. The number of carbonyl (C=O) groups excluding carboxylic acids is 2.